The average Bonchev–Trinajstić information content (AvgIpc) is 3.18. The summed E-state index contributed by atoms with van der Waals surface area (Å²) in [7, 11) is 3.90. The lowest BCUT2D eigenvalue weighted by Crippen LogP contribution is -2.46. The van der Waals surface area contributed by atoms with Gasteiger partial charge in [-0.2, -0.15) is 0 Å². The lowest BCUT2D eigenvalue weighted by molar-refractivity contribution is 0.0769. The Kier molecular flexibility index (Phi) is 6.73. The third-order valence-electron chi connectivity index (χ3n) is 6.56. The fourth-order valence-corrected chi connectivity index (χ4v) is 4.86. The molecule has 1 saturated heterocycles. The van der Waals surface area contributed by atoms with E-state index in [-0.39, 0.29) is 34.5 Å². The van der Waals surface area contributed by atoms with Crippen LogP contribution >= 0.6 is 0 Å². The van der Waals surface area contributed by atoms with Gasteiger partial charge in [0, 0.05) is 50.7 Å². The summed E-state index contributed by atoms with van der Waals surface area (Å²) >= 11 is 0. The second kappa shape index (κ2) is 9.54. The van der Waals surface area contributed by atoms with Crippen molar-refractivity contribution in [3.05, 3.63) is 46.8 Å². The zero-order valence-electron chi connectivity index (χ0n) is 19.0. The van der Waals surface area contributed by atoms with Gasteiger partial charge in [-0.25, -0.2) is 0 Å². The molecule has 178 valence electrons. The largest absolute Gasteiger partial charge is 0.507 e. The predicted octanol–water partition coefficient (Wildman–Crippen LogP) is 0.298. The van der Waals surface area contributed by atoms with E-state index in [9.17, 15) is 24.9 Å². The van der Waals surface area contributed by atoms with Gasteiger partial charge in [-0.3, -0.25) is 14.5 Å². The van der Waals surface area contributed by atoms with Crippen LogP contribution in [0.3, 0.4) is 0 Å². The third kappa shape index (κ3) is 4.62. The topological polar surface area (TPSA) is 125 Å². The average molecular weight is 457 g/mol. The van der Waals surface area contributed by atoms with E-state index in [1.165, 1.54) is 12.1 Å². The molecule has 3 aliphatic rings. The molecule has 0 bridgehead atoms. The van der Waals surface area contributed by atoms with Gasteiger partial charge >= 0.3 is 0 Å². The maximum atomic E-state index is 13.6. The molecule has 0 spiro atoms. The van der Waals surface area contributed by atoms with Crippen molar-refractivity contribution in [1.29, 1.82) is 0 Å². The van der Waals surface area contributed by atoms with Crippen LogP contribution in [-0.2, 0) is 0 Å². The van der Waals surface area contributed by atoms with Crippen molar-refractivity contribution in [2.45, 2.75) is 12.5 Å². The van der Waals surface area contributed by atoms with Gasteiger partial charge in [0.15, 0.2) is 11.6 Å². The molecule has 9 heteroatoms. The van der Waals surface area contributed by atoms with Crippen molar-refractivity contribution < 1.29 is 24.9 Å². The van der Waals surface area contributed by atoms with Crippen LogP contribution in [0.25, 0.3) is 0 Å². The number of nitrogens with zero attached hydrogens (tertiary/aromatic N) is 2. The van der Waals surface area contributed by atoms with E-state index < -0.39 is 17.6 Å². The highest BCUT2D eigenvalue weighted by Crippen LogP contribution is 2.44. The Labute approximate surface area is 193 Å². The van der Waals surface area contributed by atoms with Crippen LogP contribution in [0, 0.1) is 11.8 Å². The number of likely N-dealkylation sites (N-methyl/N-ethyl adjacent to an activating group) is 1. The Hall–Kier alpha value is -2.88. The number of carbonyl (C=O) groups excluding carboxylic acids is 2. The first-order chi connectivity index (χ1) is 15.8. The molecule has 5 N–H and O–H groups in total. The zero-order valence-corrected chi connectivity index (χ0v) is 19.0. The van der Waals surface area contributed by atoms with Gasteiger partial charge in [0.25, 0.3) is 0 Å². The number of Topliss-reactive ketones (excluding diaryl/α,β-unsaturated/α-hetero) is 2. The quantitative estimate of drug-likeness (QED) is 0.351. The minimum atomic E-state index is -0.811. The van der Waals surface area contributed by atoms with Gasteiger partial charge in [0.2, 0.25) is 0 Å². The normalized spacial score (nSPS) is 24.9. The highest BCUT2D eigenvalue weighted by atomic mass is 16.3. The van der Waals surface area contributed by atoms with Gasteiger partial charge in [0.05, 0.1) is 29.1 Å². The van der Waals surface area contributed by atoms with Gasteiger partial charge in [-0.15, -0.1) is 0 Å². The van der Waals surface area contributed by atoms with Crippen LogP contribution in [0.5, 0.6) is 11.5 Å². The molecule has 33 heavy (non-hydrogen) atoms. The van der Waals surface area contributed by atoms with Gasteiger partial charge in [0.1, 0.15) is 11.5 Å². The van der Waals surface area contributed by atoms with Gasteiger partial charge in [-0.05, 0) is 44.8 Å². The molecule has 1 aliphatic heterocycles. The molecule has 0 radical (unpaired) electrons. The Morgan fingerprint density at radius 1 is 0.970 bits per heavy atom. The van der Waals surface area contributed by atoms with Crippen LogP contribution < -0.4 is 10.6 Å². The minimum absolute atomic E-state index is 0.117. The highest BCUT2D eigenvalue weighted by molar-refractivity contribution is 6.20. The van der Waals surface area contributed by atoms with Gasteiger partial charge < -0.3 is 30.9 Å². The minimum Gasteiger partial charge on any atom is -0.507 e. The van der Waals surface area contributed by atoms with Crippen LogP contribution in [-0.4, -0.2) is 96.2 Å². The van der Waals surface area contributed by atoms with Crippen molar-refractivity contribution in [3.63, 3.8) is 0 Å². The summed E-state index contributed by atoms with van der Waals surface area (Å²) in [6, 6.07) is 2.48. The number of nitrogens with one attached hydrogen (secondary N) is 2. The van der Waals surface area contributed by atoms with E-state index >= 15 is 0 Å². The number of hydrogen-bond donors (Lipinski definition) is 5. The van der Waals surface area contributed by atoms with Crippen LogP contribution in [0.15, 0.2) is 35.7 Å². The highest BCUT2D eigenvalue weighted by Gasteiger charge is 2.48. The lowest BCUT2D eigenvalue weighted by Gasteiger charge is -2.37. The summed E-state index contributed by atoms with van der Waals surface area (Å²) < 4.78 is 0. The Bertz CT molecular complexity index is 1000. The van der Waals surface area contributed by atoms with E-state index in [1.54, 1.807) is 0 Å². The second-order valence-corrected chi connectivity index (χ2v) is 9.18. The summed E-state index contributed by atoms with van der Waals surface area (Å²) in [6.45, 7) is 4.05. The molecule has 0 amide bonds. The number of carbonyl (C=O) groups is 2. The van der Waals surface area contributed by atoms with E-state index in [4.69, 9.17) is 0 Å². The maximum absolute atomic E-state index is 13.6. The number of aromatic hydroxyl groups is 2. The molecular formula is C24H32N4O5. The SMILES string of the molecule is CN(C)CCNC1=CC=C(NCCN2CCC(O)C2)C2C(=O)c3c(O)ccc(O)c3C(=O)C12. The number of allylic oxidation sites excluding steroid dienone is 4. The number of fused-ring (bicyclic) bond motifs is 2. The summed E-state index contributed by atoms with van der Waals surface area (Å²) in [6.07, 6.45) is 4.08. The van der Waals surface area contributed by atoms with Crippen LogP contribution in [0.4, 0.5) is 0 Å². The van der Waals surface area contributed by atoms with E-state index in [0.29, 0.717) is 37.6 Å². The number of phenolic OH excluding ortho intramolecular Hbond substituents is 2. The molecule has 2 aliphatic carbocycles. The number of aliphatic hydroxyl groups is 1. The molecule has 3 unspecified atom stereocenters. The third-order valence-corrected chi connectivity index (χ3v) is 6.56. The summed E-state index contributed by atoms with van der Waals surface area (Å²) in [5.41, 5.74) is 1.01. The first kappa shape index (κ1) is 23.3. The van der Waals surface area contributed by atoms with Crippen molar-refractivity contribution in [2.75, 3.05) is 53.4 Å². The first-order valence-electron chi connectivity index (χ1n) is 11.4. The van der Waals surface area contributed by atoms with Crippen molar-refractivity contribution in [1.82, 2.24) is 20.4 Å². The van der Waals surface area contributed by atoms with Crippen LogP contribution in [0.1, 0.15) is 27.1 Å². The number of ketones is 2. The predicted molar refractivity (Wildman–Crippen MR) is 123 cm³/mol. The fraction of sp³-hybridized carbons (Fsp3) is 0.500. The molecule has 1 aromatic carbocycles. The van der Waals surface area contributed by atoms with Gasteiger partial charge in [-0.1, -0.05) is 0 Å². The summed E-state index contributed by atoms with van der Waals surface area (Å²) in [5, 5.41) is 37.1. The lowest BCUT2D eigenvalue weighted by atomic mass is 9.68. The Morgan fingerprint density at radius 3 is 2.00 bits per heavy atom. The smallest absolute Gasteiger partial charge is 0.177 e. The van der Waals surface area contributed by atoms with Crippen molar-refractivity contribution >= 4 is 11.6 Å². The fourth-order valence-electron chi connectivity index (χ4n) is 4.86. The molecular weight excluding hydrogens is 424 g/mol. The van der Waals surface area contributed by atoms with Crippen molar-refractivity contribution in [3.8, 4) is 11.5 Å². The summed E-state index contributed by atoms with van der Waals surface area (Å²) in [4.78, 5) is 31.3. The zero-order chi connectivity index (χ0) is 23.7. The standard InChI is InChI=1S/C24H32N4O5/c1-27(2)11-8-25-15-3-4-16(26-9-12-28-10-7-14(29)13-28)20-19(15)23(32)21-17(30)5-6-18(31)22(21)24(20)33/h3-6,14,19-20,25-26,29-31H,7-13H2,1-2H3. The molecule has 1 aromatic rings. The second-order valence-electron chi connectivity index (χ2n) is 9.18. The molecule has 3 atom stereocenters. The molecule has 4 rings (SSSR count). The Balaban J connectivity index is 1.61. The molecule has 1 fully saturated rings. The summed E-state index contributed by atoms with van der Waals surface area (Å²) in [5.74, 6) is -3.00. The van der Waals surface area contributed by atoms with Crippen LogP contribution in [0.2, 0.25) is 0 Å². The number of hydrogen-bond acceptors (Lipinski definition) is 9. The number of aliphatic hydroxyl groups excluding tert-OH is 1. The first-order valence-corrected chi connectivity index (χ1v) is 11.4. The van der Waals surface area contributed by atoms with Crippen molar-refractivity contribution in [2.24, 2.45) is 11.8 Å². The number of likely N-dealkylation sites (tertiary alicyclic amines) is 1. The molecule has 0 aromatic heterocycles. The number of rotatable bonds is 8. The van der Waals surface area contributed by atoms with E-state index in [1.807, 2.05) is 31.1 Å². The molecule has 0 saturated carbocycles. The number of benzene rings is 1. The monoisotopic (exact) mass is 456 g/mol. The maximum Gasteiger partial charge on any atom is 0.177 e. The number of phenols is 2. The van der Waals surface area contributed by atoms with E-state index in [2.05, 4.69) is 15.5 Å². The molecule has 1 heterocycles. The number of β-amino-alcohol motifs (C(OH)–C–C–N with tert-alkyl or cyclic N) is 1. The molecule has 9 nitrogen and oxygen atoms in total. The van der Waals surface area contributed by atoms with E-state index in [0.717, 1.165) is 19.5 Å². The Morgan fingerprint density at radius 2 is 1.52 bits per heavy atom.